The number of nitrogens with one attached hydrogen (secondary N) is 3. The molecule has 5 N–H and O–H groups in total. The Balaban J connectivity index is 2.69. The van der Waals surface area contributed by atoms with Crippen LogP contribution in [0.25, 0.3) is 0 Å². The number of nitro groups is 1. The maximum atomic E-state index is 12.7. The van der Waals surface area contributed by atoms with E-state index in [0.29, 0.717) is 12.5 Å². The van der Waals surface area contributed by atoms with E-state index in [-0.39, 0.29) is 24.7 Å². The molecule has 0 saturated carbocycles. The molecule has 0 bridgehead atoms. The fourth-order valence-corrected chi connectivity index (χ4v) is 2.39. The molecule has 0 aliphatic carbocycles. The molecular formula is C16H22F3N5O4. The van der Waals surface area contributed by atoms with E-state index in [9.17, 15) is 32.9 Å². The zero-order valence-electron chi connectivity index (χ0n) is 15.3. The van der Waals surface area contributed by atoms with Gasteiger partial charge in [-0.15, -0.1) is 0 Å². The van der Waals surface area contributed by atoms with Crippen molar-refractivity contribution in [2.24, 2.45) is 11.7 Å². The quantitative estimate of drug-likeness (QED) is 0.283. The second kappa shape index (κ2) is 9.76. The molecule has 156 valence electrons. The molecule has 0 heterocycles. The zero-order chi connectivity index (χ0) is 21.5. The second-order valence-corrected chi connectivity index (χ2v) is 6.40. The number of anilines is 1. The molecule has 3 amide bonds. The minimum atomic E-state index is -4.70. The van der Waals surface area contributed by atoms with Gasteiger partial charge in [0.15, 0.2) is 0 Å². The van der Waals surface area contributed by atoms with Gasteiger partial charge in [-0.3, -0.25) is 14.9 Å². The van der Waals surface area contributed by atoms with Gasteiger partial charge >= 0.3 is 12.2 Å². The van der Waals surface area contributed by atoms with Gasteiger partial charge in [-0.05, 0) is 24.5 Å². The Morgan fingerprint density at radius 1 is 1.25 bits per heavy atom. The number of primary amides is 1. The summed E-state index contributed by atoms with van der Waals surface area (Å²) in [7, 11) is 0. The van der Waals surface area contributed by atoms with Gasteiger partial charge in [-0.25, -0.2) is 4.79 Å². The number of alkyl halides is 3. The van der Waals surface area contributed by atoms with E-state index in [1.54, 1.807) is 0 Å². The van der Waals surface area contributed by atoms with Crippen molar-refractivity contribution in [3.8, 4) is 0 Å². The molecule has 0 aliphatic rings. The SMILES string of the molecule is CC(C)C[C@H](NC(N)=O)C(=O)NCCNc1ccc(C(F)(F)F)cc1[N+](=O)[O-]. The highest BCUT2D eigenvalue weighted by Gasteiger charge is 2.33. The molecule has 1 aromatic carbocycles. The topological polar surface area (TPSA) is 139 Å². The van der Waals surface area contributed by atoms with E-state index in [1.165, 1.54) is 0 Å². The van der Waals surface area contributed by atoms with Gasteiger partial charge < -0.3 is 21.7 Å². The maximum Gasteiger partial charge on any atom is 0.416 e. The number of benzene rings is 1. The summed E-state index contributed by atoms with van der Waals surface area (Å²) in [5.74, 6) is -0.383. The standard InChI is InChI=1S/C16H22F3N5O4/c1-9(2)7-12(23-15(20)26)14(25)22-6-5-21-11-4-3-10(16(17,18)19)8-13(11)24(27)28/h3-4,8-9,12,21H,5-7H2,1-2H3,(H,22,25)(H3,20,23,26)/t12-/m0/s1. The number of rotatable bonds is 9. The summed E-state index contributed by atoms with van der Waals surface area (Å²) in [5.41, 5.74) is 3.07. The highest BCUT2D eigenvalue weighted by molar-refractivity contribution is 5.86. The number of nitrogens with two attached hydrogens (primary N) is 1. The number of halogens is 3. The number of urea groups is 1. The summed E-state index contributed by atoms with van der Waals surface area (Å²) in [5, 5.41) is 18.5. The molecule has 0 unspecified atom stereocenters. The smallest absolute Gasteiger partial charge is 0.378 e. The van der Waals surface area contributed by atoms with Crippen molar-refractivity contribution >= 4 is 23.3 Å². The number of hydrogen-bond donors (Lipinski definition) is 4. The van der Waals surface area contributed by atoms with Gasteiger partial charge in [-0.1, -0.05) is 13.8 Å². The lowest BCUT2D eigenvalue weighted by molar-refractivity contribution is -0.384. The van der Waals surface area contributed by atoms with Crippen LogP contribution in [0.3, 0.4) is 0 Å². The van der Waals surface area contributed by atoms with Gasteiger partial charge in [-0.2, -0.15) is 13.2 Å². The molecule has 0 aromatic heterocycles. The van der Waals surface area contributed by atoms with Crippen molar-refractivity contribution < 1.29 is 27.7 Å². The van der Waals surface area contributed by atoms with Crippen LogP contribution in [0.15, 0.2) is 18.2 Å². The van der Waals surface area contributed by atoms with Crippen LogP contribution in [0.2, 0.25) is 0 Å². The number of hydrogen-bond acceptors (Lipinski definition) is 5. The predicted molar refractivity (Wildman–Crippen MR) is 95.6 cm³/mol. The third-order valence-corrected chi connectivity index (χ3v) is 3.60. The van der Waals surface area contributed by atoms with Crippen molar-refractivity contribution in [3.63, 3.8) is 0 Å². The van der Waals surface area contributed by atoms with E-state index in [4.69, 9.17) is 5.73 Å². The van der Waals surface area contributed by atoms with E-state index in [2.05, 4.69) is 16.0 Å². The van der Waals surface area contributed by atoms with E-state index < -0.39 is 40.3 Å². The Hall–Kier alpha value is -3.05. The molecule has 0 radical (unpaired) electrons. The average molecular weight is 405 g/mol. The van der Waals surface area contributed by atoms with E-state index in [0.717, 1.165) is 12.1 Å². The predicted octanol–water partition coefficient (Wildman–Crippen LogP) is 2.22. The first-order valence-corrected chi connectivity index (χ1v) is 8.35. The first-order valence-electron chi connectivity index (χ1n) is 8.35. The summed E-state index contributed by atoms with van der Waals surface area (Å²) >= 11 is 0. The Labute approximate surface area is 159 Å². The average Bonchev–Trinajstić information content (AvgIpc) is 2.56. The van der Waals surface area contributed by atoms with Gasteiger partial charge in [0.1, 0.15) is 11.7 Å². The Morgan fingerprint density at radius 3 is 2.39 bits per heavy atom. The number of nitro benzene ring substituents is 1. The molecule has 0 spiro atoms. The Kier molecular flexibility index (Phi) is 8.01. The molecule has 1 atom stereocenters. The molecule has 28 heavy (non-hydrogen) atoms. The van der Waals surface area contributed by atoms with Crippen molar-refractivity contribution in [2.45, 2.75) is 32.5 Å². The van der Waals surface area contributed by atoms with Gasteiger partial charge in [0.25, 0.3) is 5.69 Å². The highest BCUT2D eigenvalue weighted by atomic mass is 19.4. The van der Waals surface area contributed by atoms with Crippen LogP contribution in [0.4, 0.5) is 29.3 Å². The van der Waals surface area contributed by atoms with Crippen molar-refractivity contribution in [3.05, 3.63) is 33.9 Å². The lowest BCUT2D eigenvalue weighted by Gasteiger charge is -2.19. The molecule has 1 rings (SSSR count). The van der Waals surface area contributed by atoms with Crippen LogP contribution in [-0.4, -0.2) is 36.0 Å². The third kappa shape index (κ3) is 7.29. The van der Waals surface area contributed by atoms with Gasteiger partial charge in [0.05, 0.1) is 10.5 Å². The first-order chi connectivity index (χ1) is 12.9. The number of amides is 3. The third-order valence-electron chi connectivity index (χ3n) is 3.60. The summed E-state index contributed by atoms with van der Waals surface area (Å²) in [6.07, 6.45) is -4.34. The van der Waals surface area contributed by atoms with Crippen molar-refractivity contribution in [2.75, 3.05) is 18.4 Å². The van der Waals surface area contributed by atoms with E-state index in [1.807, 2.05) is 13.8 Å². The molecular weight excluding hydrogens is 383 g/mol. The number of nitrogens with zero attached hydrogens (tertiary/aromatic N) is 1. The van der Waals surface area contributed by atoms with Crippen LogP contribution < -0.4 is 21.7 Å². The minimum absolute atomic E-state index is 0.0168. The van der Waals surface area contributed by atoms with Crippen LogP contribution >= 0.6 is 0 Å². The second-order valence-electron chi connectivity index (χ2n) is 6.40. The molecule has 1 aromatic rings. The van der Waals surface area contributed by atoms with Crippen LogP contribution in [0.5, 0.6) is 0 Å². The van der Waals surface area contributed by atoms with Crippen LogP contribution in [0.1, 0.15) is 25.8 Å². The zero-order valence-corrected chi connectivity index (χ0v) is 15.3. The van der Waals surface area contributed by atoms with Gasteiger partial charge in [0, 0.05) is 19.2 Å². The number of carbonyl (C=O) groups is 2. The van der Waals surface area contributed by atoms with Crippen LogP contribution in [-0.2, 0) is 11.0 Å². The summed E-state index contributed by atoms with van der Waals surface area (Å²) in [6.45, 7) is 3.75. The largest absolute Gasteiger partial charge is 0.416 e. The summed E-state index contributed by atoms with van der Waals surface area (Å²) in [6, 6.07) is 0.441. The first kappa shape index (κ1) is 23.0. The Morgan fingerprint density at radius 2 is 1.89 bits per heavy atom. The molecule has 0 aliphatic heterocycles. The fourth-order valence-electron chi connectivity index (χ4n) is 2.39. The van der Waals surface area contributed by atoms with E-state index >= 15 is 0 Å². The molecule has 0 fully saturated rings. The summed E-state index contributed by atoms with van der Waals surface area (Å²) in [4.78, 5) is 33.2. The maximum absolute atomic E-state index is 12.7. The normalized spacial score (nSPS) is 12.4. The van der Waals surface area contributed by atoms with Crippen molar-refractivity contribution in [1.82, 2.24) is 10.6 Å². The van der Waals surface area contributed by atoms with Gasteiger partial charge in [0.2, 0.25) is 5.91 Å². The summed E-state index contributed by atoms with van der Waals surface area (Å²) < 4.78 is 38.1. The monoisotopic (exact) mass is 405 g/mol. The highest BCUT2D eigenvalue weighted by Crippen LogP contribution is 2.34. The van der Waals surface area contributed by atoms with Crippen molar-refractivity contribution in [1.29, 1.82) is 0 Å². The van der Waals surface area contributed by atoms with Crippen LogP contribution in [0, 0.1) is 16.0 Å². The fraction of sp³-hybridized carbons (Fsp3) is 0.500. The Bertz CT molecular complexity index is 725. The molecule has 0 saturated heterocycles. The molecule has 12 heteroatoms. The number of carbonyl (C=O) groups excluding carboxylic acids is 2. The lowest BCUT2D eigenvalue weighted by Crippen LogP contribution is -2.49. The lowest BCUT2D eigenvalue weighted by atomic mass is 10.0. The minimum Gasteiger partial charge on any atom is -0.378 e. The molecule has 9 nitrogen and oxygen atoms in total.